The summed E-state index contributed by atoms with van der Waals surface area (Å²) in [5.74, 6) is 0. The summed E-state index contributed by atoms with van der Waals surface area (Å²) in [5, 5.41) is 0.938. The first-order chi connectivity index (χ1) is 3.98. The van der Waals surface area contributed by atoms with E-state index >= 15 is 0 Å². The van der Waals surface area contributed by atoms with Gasteiger partial charge in [-0.3, -0.25) is 0 Å². The van der Waals surface area contributed by atoms with E-state index in [9.17, 15) is 8.42 Å². The molecule has 0 spiro atoms. The van der Waals surface area contributed by atoms with Gasteiger partial charge in [-0.1, -0.05) is 0 Å². The maximum atomic E-state index is 10.2. The molecule has 0 bridgehead atoms. The Hall–Kier alpha value is -0.530. The molecule has 0 aromatic heterocycles. The maximum absolute atomic E-state index is 10.2. The standard InChI is InChI=1S/C2H7N3O3S/c1-5(2)8-9(6,7)4-3/h3H,1-2H3. The number of nitrogens with one attached hydrogen (secondary N) is 1. The molecule has 7 heteroatoms. The van der Waals surface area contributed by atoms with Gasteiger partial charge in [0.15, 0.2) is 0 Å². The van der Waals surface area contributed by atoms with Gasteiger partial charge in [0.25, 0.3) is 0 Å². The molecule has 0 amide bonds. The van der Waals surface area contributed by atoms with Gasteiger partial charge in [-0.25, -0.2) is 0 Å². The number of hydroxylamine groups is 2. The summed E-state index contributed by atoms with van der Waals surface area (Å²) in [6.07, 6.45) is 0. The first-order valence-corrected chi connectivity index (χ1v) is 3.35. The van der Waals surface area contributed by atoms with Crippen molar-refractivity contribution in [2.75, 3.05) is 14.1 Å². The molecule has 9 heavy (non-hydrogen) atoms. The van der Waals surface area contributed by atoms with Gasteiger partial charge in [-0.05, 0) is 4.52 Å². The van der Waals surface area contributed by atoms with E-state index < -0.39 is 10.3 Å². The lowest BCUT2D eigenvalue weighted by molar-refractivity contribution is 0.00483. The van der Waals surface area contributed by atoms with Crippen molar-refractivity contribution in [1.29, 1.82) is 5.53 Å². The zero-order valence-corrected chi connectivity index (χ0v) is 5.84. The fourth-order valence-corrected chi connectivity index (χ4v) is 0.615. The third-order valence-corrected chi connectivity index (χ3v) is 1.07. The van der Waals surface area contributed by atoms with Gasteiger partial charge in [0.2, 0.25) is 0 Å². The second kappa shape index (κ2) is 2.85. The van der Waals surface area contributed by atoms with Gasteiger partial charge in [0.05, 0.1) is 0 Å². The molecule has 0 saturated carbocycles. The van der Waals surface area contributed by atoms with Crippen molar-refractivity contribution in [3.8, 4) is 0 Å². The molecule has 0 aliphatic carbocycles. The van der Waals surface area contributed by atoms with Crippen molar-refractivity contribution in [2.24, 2.45) is 4.52 Å². The van der Waals surface area contributed by atoms with Crippen LogP contribution in [0.25, 0.3) is 0 Å². The molecule has 1 N–H and O–H groups in total. The predicted molar refractivity (Wildman–Crippen MR) is 28.8 cm³/mol. The fraction of sp³-hybridized carbons (Fsp3) is 1.00. The van der Waals surface area contributed by atoms with Crippen LogP contribution in [0.15, 0.2) is 4.52 Å². The molecular weight excluding hydrogens is 146 g/mol. The topological polar surface area (TPSA) is 82.8 Å². The normalized spacial score (nSPS) is 11.9. The molecule has 0 unspecified atom stereocenters. The van der Waals surface area contributed by atoms with Gasteiger partial charge in [0.1, 0.15) is 0 Å². The number of hydrogen-bond donors (Lipinski definition) is 1. The molecule has 0 aromatic rings. The maximum Gasteiger partial charge on any atom is 0.414 e. The molecule has 0 aromatic carbocycles. The van der Waals surface area contributed by atoms with E-state index in [1.54, 1.807) is 0 Å². The highest BCUT2D eigenvalue weighted by molar-refractivity contribution is 7.85. The lowest BCUT2D eigenvalue weighted by Gasteiger charge is -2.04. The predicted octanol–water partition coefficient (Wildman–Crippen LogP) is -0.245. The van der Waals surface area contributed by atoms with Crippen LogP contribution in [0.3, 0.4) is 0 Å². The number of rotatable bonds is 3. The van der Waals surface area contributed by atoms with Gasteiger partial charge < -0.3 is 0 Å². The van der Waals surface area contributed by atoms with Crippen LogP contribution >= 0.6 is 0 Å². The van der Waals surface area contributed by atoms with E-state index in [2.05, 4.69) is 8.80 Å². The summed E-state index contributed by atoms with van der Waals surface area (Å²) < 4.78 is 26.6. The van der Waals surface area contributed by atoms with E-state index in [4.69, 9.17) is 5.53 Å². The molecule has 0 saturated heterocycles. The third-order valence-electron chi connectivity index (χ3n) is 0.355. The lowest BCUT2D eigenvalue weighted by Crippen LogP contribution is -2.16. The molecule has 0 heterocycles. The van der Waals surface area contributed by atoms with Crippen LogP contribution in [0.4, 0.5) is 0 Å². The third kappa shape index (κ3) is 4.01. The second-order valence-electron chi connectivity index (χ2n) is 1.41. The van der Waals surface area contributed by atoms with Crippen molar-refractivity contribution in [3.63, 3.8) is 0 Å². The lowest BCUT2D eigenvalue weighted by atomic mass is 11.2. The van der Waals surface area contributed by atoms with E-state index in [1.165, 1.54) is 14.1 Å². The van der Waals surface area contributed by atoms with E-state index in [1.807, 2.05) is 0 Å². The van der Waals surface area contributed by atoms with Gasteiger partial charge in [0, 0.05) is 14.1 Å². The highest BCUT2D eigenvalue weighted by Gasteiger charge is 2.08. The smallest absolute Gasteiger partial charge is 0.191 e. The van der Waals surface area contributed by atoms with Crippen LogP contribution in [0.5, 0.6) is 0 Å². The fourth-order valence-electron chi connectivity index (χ4n) is 0.205. The Labute approximate surface area is 53.1 Å². The molecule has 0 radical (unpaired) electrons. The van der Waals surface area contributed by atoms with Crippen LogP contribution in [0, 0.1) is 5.53 Å². The molecule has 54 valence electrons. The van der Waals surface area contributed by atoms with Gasteiger partial charge >= 0.3 is 10.3 Å². The Kier molecular flexibility index (Phi) is 2.68. The van der Waals surface area contributed by atoms with Gasteiger partial charge in [-0.2, -0.15) is 23.3 Å². The molecule has 6 nitrogen and oxygen atoms in total. The Morgan fingerprint density at radius 3 is 2.11 bits per heavy atom. The quantitative estimate of drug-likeness (QED) is 0.448. The number of nitrogens with zero attached hydrogens (tertiary/aromatic N) is 2. The van der Waals surface area contributed by atoms with Gasteiger partial charge in [-0.15, -0.1) is 0 Å². The van der Waals surface area contributed by atoms with E-state index in [0.29, 0.717) is 0 Å². The van der Waals surface area contributed by atoms with Crippen LogP contribution in [-0.2, 0) is 14.6 Å². The average molecular weight is 153 g/mol. The monoisotopic (exact) mass is 153 g/mol. The Balaban J connectivity index is 4.05. The minimum atomic E-state index is -4.00. The largest absolute Gasteiger partial charge is 0.414 e. The Bertz CT molecular complexity index is 183. The van der Waals surface area contributed by atoms with Crippen LogP contribution in [0.2, 0.25) is 0 Å². The summed E-state index contributed by atoms with van der Waals surface area (Å²) in [5.41, 5.74) is 6.08. The Morgan fingerprint density at radius 1 is 1.56 bits per heavy atom. The summed E-state index contributed by atoms with van der Waals surface area (Å²) >= 11 is 0. The zero-order chi connectivity index (χ0) is 7.49. The highest BCUT2D eigenvalue weighted by Crippen LogP contribution is 1.93. The first-order valence-electron chi connectivity index (χ1n) is 1.98. The molecule has 0 rings (SSSR count). The van der Waals surface area contributed by atoms with Crippen LogP contribution in [-0.4, -0.2) is 27.6 Å². The zero-order valence-electron chi connectivity index (χ0n) is 5.03. The minimum Gasteiger partial charge on any atom is -0.191 e. The summed E-state index contributed by atoms with van der Waals surface area (Å²) in [7, 11) is -1.25. The van der Waals surface area contributed by atoms with Crippen molar-refractivity contribution < 1.29 is 12.7 Å². The summed E-state index contributed by atoms with van der Waals surface area (Å²) in [6.45, 7) is 0. The van der Waals surface area contributed by atoms with Crippen molar-refractivity contribution >= 4 is 10.3 Å². The van der Waals surface area contributed by atoms with Crippen molar-refractivity contribution in [2.45, 2.75) is 0 Å². The average Bonchev–Trinajstić information content (AvgIpc) is 1.63. The minimum absolute atomic E-state index is 0.938. The highest BCUT2D eigenvalue weighted by atomic mass is 32.2. The van der Waals surface area contributed by atoms with Crippen molar-refractivity contribution in [3.05, 3.63) is 0 Å². The second-order valence-corrected chi connectivity index (χ2v) is 2.59. The SMILES string of the molecule is CN(C)OS(=O)(=O)N=N. The summed E-state index contributed by atoms with van der Waals surface area (Å²) in [4.78, 5) is 0. The van der Waals surface area contributed by atoms with Crippen LogP contribution in [0.1, 0.15) is 0 Å². The van der Waals surface area contributed by atoms with E-state index in [-0.39, 0.29) is 0 Å². The van der Waals surface area contributed by atoms with Crippen LogP contribution < -0.4 is 0 Å². The molecule has 0 atom stereocenters. The molecule has 0 fully saturated rings. The van der Waals surface area contributed by atoms with Crippen molar-refractivity contribution in [1.82, 2.24) is 5.06 Å². The number of hydrogen-bond acceptors (Lipinski definition) is 5. The summed E-state index contributed by atoms with van der Waals surface area (Å²) in [6, 6.07) is 0. The molecular formula is C2H7N3O3S. The molecule has 0 aliphatic heterocycles. The molecule has 0 aliphatic rings. The first kappa shape index (κ1) is 8.47. The van der Waals surface area contributed by atoms with E-state index in [0.717, 1.165) is 5.06 Å². The Morgan fingerprint density at radius 2 is 2.00 bits per heavy atom.